The molecule has 0 unspecified atom stereocenters. The summed E-state index contributed by atoms with van der Waals surface area (Å²) in [5.41, 5.74) is 3.27. The van der Waals surface area contributed by atoms with E-state index in [1.165, 1.54) is 18.3 Å². The molecule has 2 amide bonds. The molecule has 2 aromatic heterocycles. The summed E-state index contributed by atoms with van der Waals surface area (Å²) >= 11 is 1.52. The Morgan fingerprint density at radius 3 is 2.50 bits per heavy atom. The number of nitrogens with one attached hydrogen (secondary N) is 2. The first-order chi connectivity index (χ1) is 13.6. The minimum Gasteiger partial charge on any atom is -0.326 e. The standard InChI is InChI=1S/C21H18N4O2S/c1-14(26)22-17-9-7-15(8-10-17)13-18(27)23-20-19(16-5-3-2-4-6-16)24-21-25(20)11-12-28-21/h2-12H,13H2,1H3,(H,22,26)(H,23,27). The number of thiazole rings is 1. The lowest BCUT2D eigenvalue weighted by atomic mass is 10.1. The highest BCUT2D eigenvalue weighted by molar-refractivity contribution is 7.15. The summed E-state index contributed by atoms with van der Waals surface area (Å²) in [4.78, 5) is 29.3. The van der Waals surface area contributed by atoms with Crippen molar-refractivity contribution >= 4 is 39.6 Å². The van der Waals surface area contributed by atoms with Crippen molar-refractivity contribution in [2.24, 2.45) is 0 Å². The molecule has 28 heavy (non-hydrogen) atoms. The molecule has 0 saturated heterocycles. The van der Waals surface area contributed by atoms with Crippen molar-refractivity contribution in [3.05, 3.63) is 71.7 Å². The molecule has 6 nitrogen and oxygen atoms in total. The van der Waals surface area contributed by atoms with Crippen LogP contribution in [0.15, 0.2) is 66.2 Å². The van der Waals surface area contributed by atoms with Gasteiger partial charge < -0.3 is 10.6 Å². The second-order valence-corrected chi connectivity index (χ2v) is 7.21. The van der Waals surface area contributed by atoms with E-state index < -0.39 is 0 Å². The van der Waals surface area contributed by atoms with E-state index in [2.05, 4.69) is 15.6 Å². The number of hydrogen-bond acceptors (Lipinski definition) is 4. The molecule has 0 spiro atoms. The number of fused-ring (bicyclic) bond motifs is 1. The van der Waals surface area contributed by atoms with Gasteiger partial charge in [-0.2, -0.15) is 0 Å². The molecular weight excluding hydrogens is 372 g/mol. The van der Waals surface area contributed by atoms with Crippen molar-refractivity contribution in [3.63, 3.8) is 0 Å². The van der Waals surface area contributed by atoms with Crippen molar-refractivity contribution in [3.8, 4) is 11.3 Å². The third-order valence-corrected chi connectivity index (χ3v) is 4.96. The molecule has 4 rings (SSSR count). The van der Waals surface area contributed by atoms with Gasteiger partial charge in [0, 0.05) is 29.8 Å². The van der Waals surface area contributed by atoms with Crippen LogP contribution in [0.1, 0.15) is 12.5 Å². The van der Waals surface area contributed by atoms with E-state index >= 15 is 0 Å². The summed E-state index contributed by atoms with van der Waals surface area (Å²) in [6.07, 6.45) is 2.13. The zero-order chi connectivity index (χ0) is 19.5. The van der Waals surface area contributed by atoms with Crippen molar-refractivity contribution in [1.82, 2.24) is 9.38 Å². The fraction of sp³-hybridized carbons (Fsp3) is 0.0952. The largest absolute Gasteiger partial charge is 0.326 e. The lowest BCUT2D eigenvalue weighted by Crippen LogP contribution is -2.16. The molecule has 0 fully saturated rings. The first-order valence-corrected chi connectivity index (χ1v) is 9.65. The number of amides is 2. The van der Waals surface area contributed by atoms with Gasteiger partial charge >= 0.3 is 0 Å². The number of carbonyl (C=O) groups excluding carboxylic acids is 2. The van der Waals surface area contributed by atoms with Crippen molar-refractivity contribution in [2.75, 3.05) is 10.6 Å². The average molecular weight is 390 g/mol. The second-order valence-electron chi connectivity index (χ2n) is 6.33. The van der Waals surface area contributed by atoms with Gasteiger partial charge in [-0.25, -0.2) is 4.98 Å². The minimum absolute atomic E-state index is 0.126. The van der Waals surface area contributed by atoms with E-state index in [9.17, 15) is 9.59 Å². The van der Waals surface area contributed by atoms with Gasteiger partial charge in [-0.15, -0.1) is 11.3 Å². The predicted octanol–water partition coefficient (Wildman–Crippen LogP) is 4.20. The van der Waals surface area contributed by atoms with Crippen LogP contribution in [-0.4, -0.2) is 21.2 Å². The van der Waals surface area contributed by atoms with Crippen LogP contribution in [0.5, 0.6) is 0 Å². The van der Waals surface area contributed by atoms with Gasteiger partial charge in [-0.1, -0.05) is 42.5 Å². The van der Waals surface area contributed by atoms with Gasteiger partial charge in [-0.05, 0) is 17.7 Å². The molecule has 0 atom stereocenters. The number of hydrogen-bond donors (Lipinski definition) is 2. The third-order valence-electron chi connectivity index (χ3n) is 4.21. The second kappa shape index (κ2) is 7.66. The summed E-state index contributed by atoms with van der Waals surface area (Å²) in [6, 6.07) is 17.0. The van der Waals surface area contributed by atoms with Crippen LogP contribution in [0.2, 0.25) is 0 Å². The molecule has 0 saturated carbocycles. The minimum atomic E-state index is -0.127. The lowest BCUT2D eigenvalue weighted by Gasteiger charge is -2.08. The first kappa shape index (κ1) is 17.9. The molecule has 0 radical (unpaired) electrons. The Balaban J connectivity index is 1.55. The van der Waals surface area contributed by atoms with E-state index in [0.29, 0.717) is 11.5 Å². The fourth-order valence-corrected chi connectivity index (χ4v) is 3.69. The van der Waals surface area contributed by atoms with Gasteiger partial charge in [-0.3, -0.25) is 14.0 Å². The molecule has 2 heterocycles. The molecule has 0 aliphatic heterocycles. The van der Waals surface area contributed by atoms with Gasteiger partial charge in [0.15, 0.2) is 4.96 Å². The van der Waals surface area contributed by atoms with Crippen molar-refractivity contribution in [1.29, 1.82) is 0 Å². The van der Waals surface area contributed by atoms with Gasteiger partial charge in [0.2, 0.25) is 11.8 Å². The third kappa shape index (κ3) is 3.79. The highest BCUT2D eigenvalue weighted by atomic mass is 32.1. The number of carbonyl (C=O) groups is 2. The summed E-state index contributed by atoms with van der Waals surface area (Å²) in [5, 5.41) is 7.66. The van der Waals surface area contributed by atoms with Crippen LogP contribution in [0.4, 0.5) is 11.5 Å². The van der Waals surface area contributed by atoms with E-state index in [4.69, 9.17) is 0 Å². The number of aromatic nitrogens is 2. The maximum absolute atomic E-state index is 12.7. The Morgan fingerprint density at radius 2 is 1.79 bits per heavy atom. The summed E-state index contributed by atoms with van der Waals surface area (Å²) in [6.45, 7) is 1.46. The van der Waals surface area contributed by atoms with Crippen LogP contribution in [-0.2, 0) is 16.0 Å². The Morgan fingerprint density at radius 1 is 1.04 bits per heavy atom. The molecule has 2 N–H and O–H groups in total. The Hall–Kier alpha value is -3.45. The zero-order valence-electron chi connectivity index (χ0n) is 15.2. The lowest BCUT2D eigenvalue weighted by molar-refractivity contribution is -0.116. The van der Waals surface area contributed by atoms with Crippen LogP contribution in [0, 0.1) is 0 Å². The van der Waals surface area contributed by atoms with E-state index in [-0.39, 0.29) is 18.2 Å². The number of imidazole rings is 1. The first-order valence-electron chi connectivity index (χ1n) is 8.77. The Kier molecular flexibility index (Phi) is 4.90. The molecule has 140 valence electrons. The number of rotatable bonds is 5. The van der Waals surface area contributed by atoms with Gasteiger partial charge in [0.25, 0.3) is 0 Å². The topological polar surface area (TPSA) is 75.5 Å². The fourth-order valence-electron chi connectivity index (χ4n) is 2.97. The molecule has 0 aliphatic carbocycles. The number of benzene rings is 2. The van der Waals surface area contributed by atoms with E-state index in [0.717, 1.165) is 21.8 Å². The zero-order valence-corrected chi connectivity index (χ0v) is 16.0. The maximum Gasteiger partial charge on any atom is 0.229 e. The molecule has 4 aromatic rings. The average Bonchev–Trinajstić information content (AvgIpc) is 3.26. The van der Waals surface area contributed by atoms with Crippen molar-refractivity contribution in [2.45, 2.75) is 13.3 Å². The van der Waals surface area contributed by atoms with Crippen LogP contribution < -0.4 is 10.6 Å². The highest BCUT2D eigenvalue weighted by Crippen LogP contribution is 2.30. The van der Waals surface area contributed by atoms with Crippen molar-refractivity contribution < 1.29 is 9.59 Å². The molecule has 7 heteroatoms. The summed E-state index contributed by atoms with van der Waals surface area (Å²) < 4.78 is 1.89. The molecular formula is C21H18N4O2S. The summed E-state index contributed by atoms with van der Waals surface area (Å²) in [5.74, 6) is 0.416. The Bertz CT molecular complexity index is 1130. The van der Waals surface area contributed by atoms with Crippen LogP contribution in [0.3, 0.4) is 0 Å². The SMILES string of the molecule is CC(=O)Nc1ccc(CC(=O)Nc2c(-c3ccccc3)nc3sccn23)cc1. The molecule has 2 aromatic carbocycles. The van der Waals surface area contributed by atoms with E-state index in [1.807, 2.05) is 58.4 Å². The maximum atomic E-state index is 12.7. The number of anilines is 2. The predicted molar refractivity (Wildman–Crippen MR) is 112 cm³/mol. The number of nitrogens with zero attached hydrogens (tertiary/aromatic N) is 2. The highest BCUT2D eigenvalue weighted by Gasteiger charge is 2.17. The van der Waals surface area contributed by atoms with Gasteiger partial charge in [0.05, 0.1) is 6.42 Å². The molecule has 0 bridgehead atoms. The normalized spacial score (nSPS) is 10.8. The Labute approximate surface area is 165 Å². The summed E-state index contributed by atoms with van der Waals surface area (Å²) in [7, 11) is 0. The molecule has 0 aliphatic rings. The van der Waals surface area contributed by atoms with Crippen LogP contribution >= 0.6 is 11.3 Å². The van der Waals surface area contributed by atoms with Gasteiger partial charge in [0.1, 0.15) is 11.5 Å². The van der Waals surface area contributed by atoms with E-state index in [1.54, 1.807) is 12.1 Å². The smallest absolute Gasteiger partial charge is 0.229 e. The monoisotopic (exact) mass is 390 g/mol. The van der Waals surface area contributed by atoms with Crippen LogP contribution in [0.25, 0.3) is 16.2 Å². The quantitative estimate of drug-likeness (QED) is 0.536.